The molecule has 1 rings (SSSR count). The molecule has 0 radical (unpaired) electrons. The first-order valence-corrected chi connectivity index (χ1v) is 7.57. The number of likely N-dealkylation sites (N-methyl/N-ethyl adjacent to an activating group) is 1. The maximum atomic E-state index is 6.11. The Kier molecular flexibility index (Phi) is 6.50. The van der Waals surface area contributed by atoms with Crippen LogP contribution in [0.25, 0.3) is 0 Å². The van der Waals surface area contributed by atoms with Gasteiger partial charge in [0.05, 0.1) is 7.11 Å². The number of para-hydroxylation sites is 1. The summed E-state index contributed by atoms with van der Waals surface area (Å²) < 4.78 is 5.47. The molecule has 3 heteroatoms. The van der Waals surface area contributed by atoms with Crippen LogP contribution in [0.2, 0.25) is 0 Å². The van der Waals surface area contributed by atoms with Gasteiger partial charge in [-0.05, 0) is 44.9 Å². The van der Waals surface area contributed by atoms with Gasteiger partial charge in [0.2, 0.25) is 0 Å². The van der Waals surface area contributed by atoms with Crippen molar-refractivity contribution in [2.24, 2.45) is 5.73 Å². The van der Waals surface area contributed by atoms with E-state index >= 15 is 0 Å². The summed E-state index contributed by atoms with van der Waals surface area (Å²) in [6.07, 6.45) is 3.20. The Hall–Kier alpha value is -1.06. The summed E-state index contributed by atoms with van der Waals surface area (Å²) in [5, 5.41) is 0. The van der Waals surface area contributed by atoms with Gasteiger partial charge in [0.25, 0.3) is 0 Å². The number of methoxy groups -OCH3 is 1. The lowest BCUT2D eigenvalue weighted by Gasteiger charge is -2.43. The molecular formula is C17H30N2O. The minimum atomic E-state index is -0.0503. The van der Waals surface area contributed by atoms with E-state index in [1.807, 2.05) is 12.1 Å². The third-order valence-electron chi connectivity index (χ3n) is 4.55. The lowest BCUT2D eigenvalue weighted by molar-refractivity contribution is 0.0861. The molecule has 1 unspecified atom stereocenters. The summed E-state index contributed by atoms with van der Waals surface area (Å²) in [4.78, 5) is 2.44. The first-order valence-electron chi connectivity index (χ1n) is 7.57. The summed E-state index contributed by atoms with van der Waals surface area (Å²) in [6, 6.07) is 8.79. The molecule has 0 aliphatic carbocycles. The van der Waals surface area contributed by atoms with E-state index in [0.717, 1.165) is 25.0 Å². The fourth-order valence-electron chi connectivity index (χ4n) is 2.88. The number of rotatable bonds is 8. The minimum Gasteiger partial charge on any atom is -0.496 e. The maximum absolute atomic E-state index is 6.11. The van der Waals surface area contributed by atoms with Gasteiger partial charge in [-0.3, -0.25) is 4.90 Å². The molecule has 0 saturated carbocycles. The number of nitrogens with zero attached hydrogens (tertiary/aromatic N) is 1. The van der Waals surface area contributed by atoms with E-state index in [4.69, 9.17) is 10.5 Å². The van der Waals surface area contributed by atoms with Crippen molar-refractivity contribution >= 4 is 0 Å². The van der Waals surface area contributed by atoms with Gasteiger partial charge >= 0.3 is 0 Å². The molecule has 0 saturated heterocycles. The highest BCUT2D eigenvalue weighted by Gasteiger charge is 2.32. The molecule has 1 atom stereocenters. The summed E-state index contributed by atoms with van der Waals surface area (Å²) in [6.45, 7) is 7.37. The van der Waals surface area contributed by atoms with Crippen molar-refractivity contribution in [1.82, 2.24) is 4.90 Å². The van der Waals surface area contributed by atoms with Crippen molar-refractivity contribution in [3.8, 4) is 5.75 Å². The SMILES string of the molecule is CCC(CC)N(C)C(C)(CN)Cc1ccccc1OC. The van der Waals surface area contributed by atoms with Crippen LogP contribution in [-0.4, -0.2) is 37.2 Å². The lowest BCUT2D eigenvalue weighted by Crippen LogP contribution is -2.55. The largest absolute Gasteiger partial charge is 0.496 e. The van der Waals surface area contributed by atoms with E-state index in [2.05, 4.69) is 44.9 Å². The molecule has 0 spiro atoms. The molecule has 0 fully saturated rings. The van der Waals surface area contributed by atoms with E-state index < -0.39 is 0 Å². The van der Waals surface area contributed by atoms with Gasteiger partial charge < -0.3 is 10.5 Å². The molecule has 0 amide bonds. The van der Waals surface area contributed by atoms with Crippen LogP contribution >= 0.6 is 0 Å². The quantitative estimate of drug-likeness (QED) is 0.794. The second kappa shape index (κ2) is 7.65. The number of hydrogen-bond acceptors (Lipinski definition) is 3. The normalized spacial score (nSPS) is 14.6. The van der Waals surface area contributed by atoms with E-state index in [9.17, 15) is 0 Å². The molecule has 0 aliphatic rings. The number of ether oxygens (including phenoxy) is 1. The molecule has 114 valence electrons. The smallest absolute Gasteiger partial charge is 0.122 e. The fraction of sp³-hybridized carbons (Fsp3) is 0.647. The summed E-state index contributed by atoms with van der Waals surface area (Å²) >= 11 is 0. The number of benzene rings is 1. The molecule has 0 bridgehead atoms. The van der Waals surface area contributed by atoms with E-state index in [1.165, 1.54) is 5.56 Å². The molecule has 1 aromatic carbocycles. The highest BCUT2D eigenvalue weighted by Crippen LogP contribution is 2.27. The molecular weight excluding hydrogens is 248 g/mol. The third-order valence-corrected chi connectivity index (χ3v) is 4.55. The predicted octanol–water partition coefficient (Wildman–Crippen LogP) is 3.08. The van der Waals surface area contributed by atoms with Crippen LogP contribution in [0.15, 0.2) is 24.3 Å². The zero-order valence-electron chi connectivity index (χ0n) is 13.6. The molecule has 0 heterocycles. The lowest BCUT2D eigenvalue weighted by atomic mass is 9.88. The summed E-state index contributed by atoms with van der Waals surface area (Å²) in [5.74, 6) is 0.949. The van der Waals surface area contributed by atoms with Crippen molar-refractivity contribution in [1.29, 1.82) is 0 Å². The first-order chi connectivity index (χ1) is 9.52. The van der Waals surface area contributed by atoms with Crippen LogP contribution in [0.4, 0.5) is 0 Å². The predicted molar refractivity (Wildman–Crippen MR) is 86.3 cm³/mol. The van der Waals surface area contributed by atoms with Gasteiger partial charge in [-0.2, -0.15) is 0 Å². The Bertz CT molecular complexity index is 404. The van der Waals surface area contributed by atoms with E-state index in [0.29, 0.717) is 12.6 Å². The number of hydrogen-bond donors (Lipinski definition) is 1. The highest BCUT2D eigenvalue weighted by atomic mass is 16.5. The first kappa shape index (κ1) is 17.0. The Labute approximate surface area is 124 Å². The fourth-order valence-corrected chi connectivity index (χ4v) is 2.88. The Morgan fingerprint density at radius 1 is 1.25 bits per heavy atom. The van der Waals surface area contributed by atoms with Gasteiger partial charge in [-0.25, -0.2) is 0 Å². The van der Waals surface area contributed by atoms with Crippen LogP contribution in [0.3, 0.4) is 0 Å². The highest BCUT2D eigenvalue weighted by molar-refractivity contribution is 5.34. The van der Waals surface area contributed by atoms with Crippen LogP contribution in [0.5, 0.6) is 5.75 Å². The van der Waals surface area contributed by atoms with Crippen molar-refractivity contribution in [3.05, 3.63) is 29.8 Å². The van der Waals surface area contributed by atoms with Crippen molar-refractivity contribution in [3.63, 3.8) is 0 Å². The number of nitrogens with two attached hydrogens (primary N) is 1. The third kappa shape index (κ3) is 3.74. The topological polar surface area (TPSA) is 38.5 Å². The van der Waals surface area contributed by atoms with Crippen LogP contribution in [0, 0.1) is 0 Å². The second-order valence-electron chi connectivity index (χ2n) is 5.77. The van der Waals surface area contributed by atoms with Crippen LogP contribution in [-0.2, 0) is 6.42 Å². The van der Waals surface area contributed by atoms with E-state index in [-0.39, 0.29) is 5.54 Å². The molecule has 20 heavy (non-hydrogen) atoms. The average Bonchev–Trinajstić information content (AvgIpc) is 2.48. The standard InChI is InChI=1S/C17H30N2O/c1-6-15(7-2)19(4)17(3,13-18)12-14-10-8-9-11-16(14)20-5/h8-11,15H,6-7,12-13,18H2,1-5H3. The average molecular weight is 278 g/mol. The van der Waals surface area contributed by atoms with Crippen molar-refractivity contribution in [2.45, 2.75) is 51.6 Å². The van der Waals surface area contributed by atoms with Crippen molar-refractivity contribution in [2.75, 3.05) is 20.7 Å². The Morgan fingerprint density at radius 2 is 1.85 bits per heavy atom. The summed E-state index contributed by atoms with van der Waals surface area (Å²) in [7, 11) is 3.92. The Morgan fingerprint density at radius 3 is 2.35 bits per heavy atom. The van der Waals surface area contributed by atoms with E-state index in [1.54, 1.807) is 7.11 Å². The van der Waals surface area contributed by atoms with Gasteiger partial charge in [-0.1, -0.05) is 32.0 Å². The monoisotopic (exact) mass is 278 g/mol. The Balaban J connectivity index is 2.99. The maximum Gasteiger partial charge on any atom is 0.122 e. The van der Waals surface area contributed by atoms with Crippen LogP contribution < -0.4 is 10.5 Å². The molecule has 3 nitrogen and oxygen atoms in total. The van der Waals surface area contributed by atoms with Crippen LogP contribution in [0.1, 0.15) is 39.2 Å². The van der Waals surface area contributed by atoms with Gasteiger partial charge in [0.15, 0.2) is 0 Å². The van der Waals surface area contributed by atoms with Gasteiger partial charge in [0.1, 0.15) is 5.75 Å². The molecule has 2 N–H and O–H groups in total. The zero-order chi connectivity index (χ0) is 15.2. The van der Waals surface area contributed by atoms with Gasteiger partial charge in [-0.15, -0.1) is 0 Å². The zero-order valence-corrected chi connectivity index (χ0v) is 13.6. The minimum absolute atomic E-state index is 0.0503. The van der Waals surface area contributed by atoms with Gasteiger partial charge in [0, 0.05) is 18.1 Å². The molecule has 1 aromatic rings. The molecule has 0 aromatic heterocycles. The molecule has 0 aliphatic heterocycles. The van der Waals surface area contributed by atoms with Crippen molar-refractivity contribution < 1.29 is 4.74 Å². The second-order valence-corrected chi connectivity index (χ2v) is 5.77. The summed E-state index contributed by atoms with van der Waals surface area (Å²) in [5.41, 5.74) is 7.28.